The predicted octanol–water partition coefficient (Wildman–Crippen LogP) is 6.78. The standard InChI is InChI=1S/C29H28N4OS/c1-5-21-12-14-23(15-13-21)27-31-28(34-32-27)25-20(4)33(24-16-11-18(2)19(3)17-24)29(35)30-26(25)22-9-7-6-8-10-22/h6-17,26H,5H2,1-4H3,(H,30,35). The van der Waals surface area contributed by atoms with Gasteiger partial charge in [-0.25, -0.2) is 0 Å². The maximum Gasteiger partial charge on any atom is 0.258 e. The third kappa shape index (κ3) is 4.37. The van der Waals surface area contributed by atoms with Gasteiger partial charge in [0.25, 0.3) is 5.89 Å². The fourth-order valence-corrected chi connectivity index (χ4v) is 4.79. The largest absolute Gasteiger partial charge is 0.351 e. The highest BCUT2D eigenvalue weighted by molar-refractivity contribution is 7.80. The molecule has 0 radical (unpaired) electrons. The average Bonchev–Trinajstić information content (AvgIpc) is 3.36. The lowest BCUT2D eigenvalue weighted by molar-refractivity contribution is 0.404. The Morgan fingerprint density at radius 3 is 2.37 bits per heavy atom. The van der Waals surface area contributed by atoms with Crippen molar-refractivity contribution in [2.45, 2.75) is 40.2 Å². The summed E-state index contributed by atoms with van der Waals surface area (Å²) in [4.78, 5) is 6.88. The average molecular weight is 481 g/mol. The lowest BCUT2D eigenvalue weighted by Crippen LogP contribution is -2.46. The van der Waals surface area contributed by atoms with Crippen LogP contribution in [0.15, 0.2) is 83.0 Å². The zero-order valence-corrected chi connectivity index (χ0v) is 21.2. The minimum atomic E-state index is -0.206. The first kappa shape index (κ1) is 23.0. The lowest BCUT2D eigenvalue weighted by atomic mass is 9.94. The van der Waals surface area contributed by atoms with Crippen LogP contribution in [0.25, 0.3) is 17.0 Å². The number of thiocarbonyl (C=S) groups is 1. The van der Waals surface area contributed by atoms with Gasteiger partial charge in [-0.15, -0.1) is 0 Å². The first-order valence-electron chi connectivity index (χ1n) is 11.8. The number of aryl methyl sites for hydroxylation is 3. The zero-order chi connectivity index (χ0) is 24.5. The van der Waals surface area contributed by atoms with Gasteiger partial charge in [0.2, 0.25) is 5.82 Å². The highest BCUT2D eigenvalue weighted by atomic mass is 32.1. The molecule has 1 aromatic heterocycles. The number of anilines is 1. The second kappa shape index (κ2) is 9.47. The monoisotopic (exact) mass is 480 g/mol. The quantitative estimate of drug-likeness (QED) is 0.318. The van der Waals surface area contributed by atoms with Gasteiger partial charge in [0.1, 0.15) is 0 Å². The summed E-state index contributed by atoms with van der Waals surface area (Å²) in [5, 5.41) is 8.49. The van der Waals surface area contributed by atoms with Crippen molar-refractivity contribution in [1.82, 2.24) is 15.5 Å². The molecular weight excluding hydrogens is 452 g/mol. The summed E-state index contributed by atoms with van der Waals surface area (Å²) in [5.74, 6) is 1.05. The molecular formula is C29H28N4OS. The first-order chi connectivity index (χ1) is 17.0. The number of benzene rings is 3. The second-order valence-corrected chi connectivity index (χ2v) is 9.26. The normalized spacial score (nSPS) is 15.9. The molecule has 0 saturated carbocycles. The van der Waals surface area contributed by atoms with Crippen LogP contribution in [0.3, 0.4) is 0 Å². The van der Waals surface area contributed by atoms with Gasteiger partial charge in [-0.3, -0.25) is 4.90 Å². The molecule has 0 spiro atoms. The summed E-state index contributed by atoms with van der Waals surface area (Å²) < 4.78 is 5.87. The van der Waals surface area contributed by atoms with E-state index >= 15 is 0 Å². The summed E-state index contributed by atoms with van der Waals surface area (Å²) in [6.45, 7) is 8.42. The van der Waals surface area contributed by atoms with Gasteiger partial charge in [-0.2, -0.15) is 4.98 Å². The van der Waals surface area contributed by atoms with E-state index in [9.17, 15) is 0 Å². The highest BCUT2D eigenvalue weighted by Gasteiger charge is 2.34. The van der Waals surface area contributed by atoms with E-state index in [0.29, 0.717) is 16.8 Å². The first-order valence-corrected chi connectivity index (χ1v) is 12.2. The number of nitrogens with one attached hydrogen (secondary N) is 1. The van der Waals surface area contributed by atoms with E-state index in [0.717, 1.165) is 34.5 Å². The predicted molar refractivity (Wildman–Crippen MR) is 145 cm³/mol. The van der Waals surface area contributed by atoms with Crippen LogP contribution in [0.1, 0.15) is 48.0 Å². The molecule has 1 aliphatic rings. The van der Waals surface area contributed by atoms with Crippen molar-refractivity contribution < 1.29 is 4.52 Å². The molecule has 0 bridgehead atoms. The molecule has 176 valence electrons. The van der Waals surface area contributed by atoms with Crippen LogP contribution in [0, 0.1) is 13.8 Å². The van der Waals surface area contributed by atoms with Crippen molar-refractivity contribution in [2.75, 3.05) is 4.90 Å². The molecule has 35 heavy (non-hydrogen) atoms. The molecule has 4 aromatic rings. The molecule has 0 aliphatic carbocycles. The minimum Gasteiger partial charge on any atom is -0.351 e. The van der Waals surface area contributed by atoms with Crippen LogP contribution in [0.5, 0.6) is 0 Å². The molecule has 2 heterocycles. The zero-order valence-electron chi connectivity index (χ0n) is 20.4. The summed E-state index contributed by atoms with van der Waals surface area (Å²) in [6, 6.07) is 24.7. The molecule has 0 amide bonds. The van der Waals surface area contributed by atoms with Crippen LogP contribution in [0.2, 0.25) is 0 Å². The Morgan fingerprint density at radius 1 is 0.943 bits per heavy atom. The SMILES string of the molecule is CCc1ccc(-c2noc(C3=C(C)N(c4ccc(C)c(C)c4)C(=S)NC3c3ccccc3)n2)cc1. The van der Waals surface area contributed by atoms with Gasteiger partial charge in [0.05, 0.1) is 11.6 Å². The number of rotatable bonds is 5. The fraction of sp³-hybridized carbons (Fsp3) is 0.207. The topological polar surface area (TPSA) is 54.2 Å². The van der Waals surface area contributed by atoms with Crippen LogP contribution in [0.4, 0.5) is 5.69 Å². The van der Waals surface area contributed by atoms with E-state index in [4.69, 9.17) is 21.7 Å². The van der Waals surface area contributed by atoms with Crippen molar-refractivity contribution in [3.05, 3.63) is 107 Å². The molecule has 1 N–H and O–H groups in total. The third-order valence-electron chi connectivity index (χ3n) is 6.64. The molecule has 6 heteroatoms. The van der Waals surface area contributed by atoms with E-state index in [1.165, 1.54) is 16.7 Å². The Labute approximate surface area is 211 Å². The number of allylic oxidation sites excluding steroid dienone is 1. The van der Waals surface area contributed by atoms with Gasteiger partial charge in [0, 0.05) is 16.9 Å². The fourth-order valence-electron chi connectivity index (χ4n) is 4.43. The van der Waals surface area contributed by atoms with Crippen LogP contribution >= 0.6 is 12.2 Å². The molecule has 0 fully saturated rings. The second-order valence-electron chi connectivity index (χ2n) is 8.87. The number of nitrogens with zero attached hydrogens (tertiary/aromatic N) is 3. The molecule has 5 nitrogen and oxygen atoms in total. The summed E-state index contributed by atoms with van der Waals surface area (Å²) in [5.41, 5.74) is 8.60. The smallest absolute Gasteiger partial charge is 0.258 e. The van der Waals surface area contributed by atoms with Gasteiger partial charge < -0.3 is 9.84 Å². The molecule has 1 aliphatic heterocycles. The van der Waals surface area contributed by atoms with E-state index in [1.807, 2.05) is 30.3 Å². The summed E-state index contributed by atoms with van der Waals surface area (Å²) in [6.07, 6.45) is 0.989. The van der Waals surface area contributed by atoms with Gasteiger partial charge >= 0.3 is 0 Å². The van der Waals surface area contributed by atoms with Gasteiger partial charge in [-0.1, -0.05) is 72.7 Å². The molecule has 3 aromatic carbocycles. The number of hydrogen-bond acceptors (Lipinski definition) is 4. The minimum absolute atomic E-state index is 0.206. The number of aromatic nitrogens is 2. The van der Waals surface area contributed by atoms with E-state index < -0.39 is 0 Å². The third-order valence-corrected chi connectivity index (χ3v) is 6.94. The maximum absolute atomic E-state index is 5.87. The van der Waals surface area contributed by atoms with Gasteiger partial charge in [-0.05, 0) is 73.8 Å². The van der Waals surface area contributed by atoms with Crippen molar-refractivity contribution in [3.63, 3.8) is 0 Å². The van der Waals surface area contributed by atoms with E-state index in [1.54, 1.807) is 0 Å². The van der Waals surface area contributed by atoms with E-state index in [-0.39, 0.29) is 6.04 Å². The molecule has 1 atom stereocenters. The summed E-state index contributed by atoms with van der Waals surface area (Å²) >= 11 is 5.86. The highest BCUT2D eigenvalue weighted by Crippen LogP contribution is 2.39. The Balaban J connectivity index is 1.63. The Hall–Kier alpha value is -3.77. The Bertz CT molecular complexity index is 1410. The number of hydrogen-bond donors (Lipinski definition) is 1. The van der Waals surface area contributed by atoms with Crippen LogP contribution in [-0.2, 0) is 6.42 Å². The lowest BCUT2D eigenvalue weighted by Gasteiger charge is -2.37. The van der Waals surface area contributed by atoms with Gasteiger partial charge in [0.15, 0.2) is 5.11 Å². The molecule has 1 unspecified atom stereocenters. The molecule has 0 saturated heterocycles. The maximum atomic E-state index is 5.87. The van der Waals surface area contributed by atoms with Crippen molar-refractivity contribution in [2.24, 2.45) is 0 Å². The van der Waals surface area contributed by atoms with Crippen LogP contribution in [-0.4, -0.2) is 15.3 Å². The Kier molecular flexibility index (Phi) is 6.22. The van der Waals surface area contributed by atoms with Crippen molar-refractivity contribution >= 4 is 28.6 Å². The van der Waals surface area contributed by atoms with Crippen LogP contribution < -0.4 is 10.2 Å². The van der Waals surface area contributed by atoms with E-state index in [2.05, 4.69) is 85.5 Å². The summed E-state index contributed by atoms with van der Waals surface area (Å²) in [7, 11) is 0. The van der Waals surface area contributed by atoms with Crippen molar-refractivity contribution in [3.8, 4) is 11.4 Å². The van der Waals surface area contributed by atoms with Crippen molar-refractivity contribution in [1.29, 1.82) is 0 Å². The Morgan fingerprint density at radius 2 is 1.69 bits per heavy atom. The molecule has 5 rings (SSSR count).